The molecule has 1 rings (SSSR count). The van der Waals surface area contributed by atoms with Crippen LogP contribution in [-0.4, -0.2) is 12.2 Å². The molecule has 0 fully saturated rings. The second-order valence-corrected chi connectivity index (χ2v) is 4.30. The maximum atomic E-state index is 13.2. The molecule has 1 aromatic carbocycles. The maximum absolute atomic E-state index is 13.2. The average Bonchev–Trinajstić information content (AvgIpc) is 2.17. The third-order valence-electron chi connectivity index (χ3n) is 2.24. The molecule has 0 unspecified atom stereocenters. The van der Waals surface area contributed by atoms with Crippen LogP contribution in [0.15, 0.2) is 24.3 Å². The quantitative estimate of drug-likeness (QED) is 0.784. The lowest BCUT2D eigenvalue weighted by molar-refractivity contribution is 0.207. The summed E-state index contributed by atoms with van der Waals surface area (Å²) in [7, 11) is 0. The fraction of sp³-hybridized carbons (Fsp3) is 0.500. The summed E-state index contributed by atoms with van der Waals surface area (Å²) in [5, 5.41) is 3.17. The molecule has 0 amide bonds. The first-order valence-electron chi connectivity index (χ1n) is 5.23. The molecule has 1 aromatic rings. The monoisotopic (exact) mass is 210 g/mol. The van der Waals surface area contributed by atoms with Crippen molar-refractivity contribution < 1.29 is 4.39 Å². The van der Waals surface area contributed by atoms with Gasteiger partial charge in [-0.15, -0.1) is 0 Å². The Morgan fingerprint density at radius 3 is 2.33 bits per heavy atom. The molecule has 0 aliphatic rings. The topological polar surface area (TPSA) is 38.0 Å². The van der Waals surface area contributed by atoms with Gasteiger partial charge in [-0.05, 0) is 38.0 Å². The van der Waals surface area contributed by atoms with Gasteiger partial charge in [0.05, 0.1) is 0 Å². The predicted molar refractivity (Wildman–Crippen MR) is 62.6 cm³/mol. The van der Waals surface area contributed by atoms with Crippen LogP contribution in [0.1, 0.15) is 25.8 Å². The molecule has 3 heteroatoms. The van der Waals surface area contributed by atoms with Crippen LogP contribution in [0.2, 0.25) is 0 Å². The number of nitrogens with two attached hydrogens (primary N) is 1. The number of nitrogens with one attached hydrogen (secondary N) is 1. The molecular weight excluding hydrogens is 191 g/mol. The zero-order valence-corrected chi connectivity index (χ0v) is 9.39. The first kappa shape index (κ1) is 12.0. The van der Waals surface area contributed by atoms with Gasteiger partial charge in [-0.1, -0.05) is 12.1 Å². The van der Waals surface area contributed by atoms with Gasteiger partial charge >= 0.3 is 0 Å². The van der Waals surface area contributed by atoms with Gasteiger partial charge in [-0.3, -0.25) is 0 Å². The van der Waals surface area contributed by atoms with Crippen LogP contribution in [-0.2, 0) is 6.54 Å². The van der Waals surface area contributed by atoms with E-state index < -0.39 is 5.67 Å². The highest BCUT2D eigenvalue weighted by Gasteiger charge is 2.13. The molecule has 0 atom stereocenters. The molecule has 0 spiro atoms. The Morgan fingerprint density at radius 2 is 1.87 bits per heavy atom. The Balaban J connectivity index is 2.38. The zero-order valence-electron chi connectivity index (χ0n) is 9.39. The highest BCUT2D eigenvalue weighted by molar-refractivity contribution is 5.44. The van der Waals surface area contributed by atoms with Crippen molar-refractivity contribution in [3.05, 3.63) is 29.8 Å². The summed E-state index contributed by atoms with van der Waals surface area (Å²) < 4.78 is 13.2. The Bertz CT molecular complexity index is 287. The fourth-order valence-corrected chi connectivity index (χ4v) is 1.26. The predicted octanol–water partition coefficient (Wildman–Crippen LogP) is 2.70. The van der Waals surface area contributed by atoms with E-state index >= 15 is 0 Å². The number of rotatable bonds is 5. The number of hydrogen-bond acceptors (Lipinski definition) is 2. The SMILES string of the molecule is CC(C)(F)CCNc1ccc(CN)cc1. The van der Waals surface area contributed by atoms with E-state index in [4.69, 9.17) is 5.73 Å². The largest absolute Gasteiger partial charge is 0.385 e. The summed E-state index contributed by atoms with van der Waals surface area (Å²) in [6.07, 6.45) is 0.506. The van der Waals surface area contributed by atoms with Gasteiger partial charge < -0.3 is 11.1 Å². The lowest BCUT2D eigenvalue weighted by Crippen LogP contribution is -2.17. The van der Waals surface area contributed by atoms with E-state index in [9.17, 15) is 4.39 Å². The highest BCUT2D eigenvalue weighted by atomic mass is 19.1. The van der Waals surface area contributed by atoms with Gasteiger partial charge in [-0.2, -0.15) is 0 Å². The van der Waals surface area contributed by atoms with E-state index in [0.29, 0.717) is 19.5 Å². The van der Waals surface area contributed by atoms with Crippen molar-refractivity contribution in [1.29, 1.82) is 0 Å². The van der Waals surface area contributed by atoms with Gasteiger partial charge in [0.25, 0.3) is 0 Å². The fourth-order valence-electron chi connectivity index (χ4n) is 1.26. The average molecular weight is 210 g/mol. The summed E-state index contributed by atoms with van der Waals surface area (Å²) >= 11 is 0. The van der Waals surface area contributed by atoms with E-state index in [-0.39, 0.29) is 0 Å². The van der Waals surface area contributed by atoms with Gasteiger partial charge in [0.1, 0.15) is 5.67 Å². The summed E-state index contributed by atoms with van der Waals surface area (Å²) in [5.74, 6) is 0. The minimum atomic E-state index is -1.11. The van der Waals surface area contributed by atoms with Crippen molar-refractivity contribution in [3.8, 4) is 0 Å². The maximum Gasteiger partial charge on any atom is 0.107 e. The number of benzene rings is 1. The van der Waals surface area contributed by atoms with Gasteiger partial charge in [0.2, 0.25) is 0 Å². The molecule has 3 N–H and O–H groups in total. The minimum absolute atomic E-state index is 0.506. The zero-order chi connectivity index (χ0) is 11.3. The van der Waals surface area contributed by atoms with Crippen molar-refractivity contribution >= 4 is 5.69 Å². The Hall–Kier alpha value is -1.09. The molecule has 84 valence electrons. The van der Waals surface area contributed by atoms with Crippen molar-refractivity contribution in [1.82, 2.24) is 0 Å². The normalized spacial score (nSPS) is 11.5. The first-order chi connectivity index (χ1) is 7.01. The molecule has 0 saturated heterocycles. The number of halogens is 1. The van der Waals surface area contributed by atoms with Crippen LogP contribution in [0, 0.1) is 0 Å². The minimum Gasteiger partial charge on any atom is -0.385 e. The summed E-state index contributed by atoms with van der Waals surface area (Å²) in [5.41, 5.74) is 6.49. The Labute approximate surface area is 90.7 Å². The van der Waals surface area contributed by atoms with Crippen molar-refractivity contribution in [2.24, 2.45) is 5.73 Å². The third kappa shape index (κ3) is 4.79. The number of alkyl halides is 1. The molecule has 2 nitrogen and oxygen atoms in total. The Kier molecular flexibility index (Phi) is 4.09. The smallest absolute Gasteiger partial charge is 0.107 e. The molecular formula is C12H19FN2. The number of anilines is 1. The van der Waals surface area contributed by atoms with E-state index in [2.05, 4.69) is 5.32 Å². The van der Waals surface area contributed by atoms with Crippen LogP contribution in [0.5, 0.6) is 0 Å². The van der Waals surface area contributed by atoms with E-state index in [1.54, 1.807) is 13.8 Å². The number of hydrogen-bond donors (Lipinski definition) is 2. The molecule has 15 heavy (non-hydrogen) atoms. The molecule has 0 bridgehead atoms. The van der Waals surface area contributed by atoms with E-state index in [1.807, 2.05) is 24.3 Å². The second kappa shape index (κ2) is 5.12. The summed E-state index contributed by atoms with van der Waals surface area (Å²) in [6, 6.07) is 7.88. The van der Waals surface area contributed by atoms with Gasteiger partial charge in [0.15, 0.2) is 0 Å². The first-order valence-corrected chi connectivity index (χ1v) is 5.23. The van der Waals surface area contributed by atoms with Gasteiger partial charge in [-0.25, -0.2) is 4.39 Å². The van der Waals surface area contributed by atoms with Crippen molar-refractivity contribution in [3.63, 3.8) is 0 Å². The highest BCUT2D eigenvalue weighted by Crippen LogP contribution is 2.14. The van der Waals surface area contributed by atoms with Crippen molar-refractivity contribution in [2.45, 2.75) is 32.5 Å². The van der Waals surface area contributed by atoms with E-state index in [0.717, 1.165) is 11.3 Å². The van der Waals surface area contributed by atoms with Crippen LogP contribution in [0.25, 0.3) is 0 Å². The third-order valence-corrected chi connectivity index (χ3v) is 2.24. The van der Waals surface area contributed by atoms with E-state index in [1.165, 1.54) is 0 Å². The van der Waals surface area contributed by atoms with Crippen LogP contribution in [0.4, 0.5) is 10.1 Å². The molecule has 0 aromatic heterocycles. The lowest BCUT2D eigenvalue weighted by Gasteiger charge is -2.14. The van der Waals surface area contributed by atoms with Gasteiger partial charge in [0, 0.05) is 18.8 Å². The standard InChI is InChI=1S/C12H19FN2/c1-12(2,13)7-8-15-11-5-3-10(9-14)4-6-11/h3-6,15H,7-9,14H2,1-2H3. The molecule has 0 radical (unpaired) electrons. The molecule has 0 aliphatic heterocycles. The van der Waals surface area contributed by atoms with Crippen LogP contribution >= 0.6 is 0 Å². The van der Waals surface area contributed by atoms with Crippen LogP contribution < -0.4 is 11.1 Å². The van der Waals surface area contributed by atoms with Crippen molar-refractivity contribution in [2.75, 3.05) is 11.9 Å². The summed E-state index contributed by atoms with van der Waals surface area (Å²) in [6.45, 7) is 4.38. The summed E-state index contributed by atoms with van der Waals surface area (Å²) in [4.78, 5) is 0. The molecule has 0 heterocycles. The molecule has 0 aliphatic carbocycles. The lowest BCUT2D eigenvalue weighted by atomic mass is 10.1. The van der Waals surface area contributed by atoms with Crippen LogP contribution in [0.3, 0.4) is 0 Å². The second-order valence-electron chi connectivity index (χ2n) is 4.30. The Morgan fingerprint density at radius 1 is 1.27 bits per heavy atom. The molecule has 0 saturated carbocycles.